The highest BCUT2D eigenvalue weighted by Crippen LogP contribution is 2.30. The lowest BCUT2D eigenvalue weighted by Crippen LogP contribution is -2.45. The Morgan fingerprint density at radius 2 is 1.92 bits per heavy atom. The summed E-state index contributed by atoms with van der Waals surface area (Å²) in [5.41, 5.74) is -1.14. The number of benzene rings is 1. The maximum atomic E-state index is 12.7. The Balaban J connectivity index is 1.96. The zero-order valence-electron chi connectivity index (χ0n) is 13.7. The summed E-state index contributed by atoms with van der Waals surface area (Å²) < 4.78 is 38.0. The largest absolute Gasteiger partial charge is 0.416 e. The summed E-state index contributed by atoms with van der Waals surface area (Å²) in [6.45, 7) is 6.07. The average molecular weight is 343 g/mol. The van der Waals surface area contributed by atoms with Gasteiger partial charge in [-0.25, -0.2) is 4.79 Å². The van der Waals surface area contributed by atoms with Gasteiger partial charge in [0.1, 0.15) is 0 Å². The molecule has 0 spiro atoms. The number of hydrogen-bond acceptors (Lipinski definition) is 2. The van der Waals surface area contributed by atoms with Crippen molar-refractivity contribution >= 4 is 17.6 Å². The average Bonchev–Trinajstić information content (AvgIpc) is 2.78. The van der Waals surface area contributed by atoms with Crippen molar-refractivity contribution in [1.82, 2.24) is 10.2 Å². The normalized spacial score (nSPS) is 18.7. The summed E-state index contributed by atoms with van der Waals surface area (Å²) in [4.78, 5) is 25.6. The van der Waals surface area contributed by atoms with Gasteiger partial charge in [0.15, 0.2) is 0 Å². The molecule has 2 N–H and O–H groups in total. The molecular weight excluding hydrogens is 323 g/mol. The van der Waals surface area contributed by atoms with Crippen LogP contribution in [0.3, 0.4) is 0 Å². The SMILES string of the molecule is CC(C)(C)N1CC(NC(=O)Nc2cccc(C(F)(F)F)c2)CC1=O. The second-order valence-corrected chi connectivity index (χ2v) is 6.75. The second kappa shape index (κ2) is 6.33. The van der Waals surface area contributed by atoms with E-state index in [1.165, 1.54) is 12.1 Å². The highest BCUT2D eigenvalue weighted by molar-refractivity contribution is 5.90. The molecule has 3 amide bonds. The first-order valence-corrected chi connectivity index (χ1v) is 7.52. The molecule has 1 heterocycles. The van der Waals surface area contributed by atoms with Gasteiger partial charge in [-0.15, -0.1) is 0 Å². The number of anilines is 1. The lowest BCUT2D eigenvalue weighted by atomic mass is 10.1. The lowest BCUT2D eigenvalue weighted by Gasteiger charge is -2.32. The molecular formula is C16H20F3N3O2. The van der Waals surface area contributed by atoms with Gasteiger partial charge in [-0.2, -0.15) is 13.2 Å². The summed E-state index contributed by atoms with van der Waals surface area (Å²) in [6, 6.07) is 3.38. The smallest absolute Gasteiger partial charge is 0.336 e. The van der Waals surface area contributed by atoms with Gasteiger partial charge in [-0.05, 0) is 39.0 Å². The van der Waals surface area contributed by atoms with Gasteiger partial charge in [0.25, 0.3) is 0 Å². The van der Waals surface area contributed by atoms with Gasteiger partial charge < -0.3 is 15.5 Å². The van der Waals surface area contributed by atoms with E-state index in [-0.39, 0.29) is 29.6 Å². The number of carbonyl (C=O) groups is 2. The van der Waals surface area contributed by atoms with Crippen molar-refractivity contribution in [1.29, 1.82) is 0 Å². The van der Waals surface area contributed by atoms with Crippen molar-refractivity contribution in [3.63, 3.8) is 0 Å². The number of carbonyl (C=O) groups excluding carboxylic acids is 2. The number of likely N-dealkylation sites (tertiary alicyclic amines) is 1. The topological polar surface area (TPSA) is 61.4 Å². The number of nitrogens with zero attached hydrogens (tertiary/aromatic N) is 1. The van der Waals surface area contributed by atoms with Gasteiger partial charge >= 0.3 is 12.2 Å². The number of amides is 3. The molecule has 132 valence electrons. The Morgan fingerprint density at radius 3 is 2.46 bits per heavy atom. The van der Waals surface area contributed by atoms with Gasteiger partial charge in [0.05, 0.1) is 11.6 Å². The zero-order chi connectivity index (χ0) is 18.1. The van der Waals surface area contributed by atoms with E-state index in [9.17, 15) is 22.8 Å². The fourth-order valence-corrected chi connectivity index (χ4v) is 2.58. The highest BCUT2D eigenvalue weighted by Gasteiger charge is 2.37. The first kappa shape index (κ1) is 18.1. The van der Waals surface area contributed by atoms with Crippen LogP contribution in [0.25, 0.3) is 0 Å². The fraction of sp³-hybridized carbons (Fsp3) is 0.500. The van der Waals surface area contributed by atoms with E-state index in [0.29, 0.717) is 6.54 Å². The van der Waals surface area contributed by atoms with Crippen LogP contribution in [0.2, 0.25) is 0 Å². The molecule has 2 rings (SSSR count). The number of nitrogens with one attached hydrogen (secondary N) is 2. The Hall–Kier alpha value is -2.25. The third-order valence-corrected chi connectivity index (χ3v) is 3.72. The molecule has 1 saturated heterocycles. The molecule has 0 aliphatic carbocycles. The minimum atomic E-state index is -4.47. The maximum Gasteiger partial charge on any atom is 0.416 e. The van der Waals surface area contributed by atoms with Crippen molar-refractivity contribution < 1.29 is 22.8 Å². The van der Waals surface area contributed by atoms with Crippen molar-refractivity contribution in [2.45, 2.75) is 44.9 Å². The van der Waals surface area contributed by atoms with Crippen molar-refractivity contribution in [2.24, 2.45) is 0 Å². The van der Waals surface area contributed by atoms with Crippen molar-refractivity contribution in [3.8, 4) is 0 Å². The van der Waals surface area contributed by atoms with Gasteiger partial charge in [-0.3, -0.25) is 4.79 Å². The van der Waals surface area contributed by atoms with Crippen LogP contribution in [0, 0.1) is 0 Å². The molecule has 1 aromatic rings. The third kappa shape index (κ3) is 4.39. The van der Waals surface area contributed by atoms with E-state index in [4.69, 9.17) is 0 Å². The molecule has 8 heteroatoms. The Bertz CT molecular complexity index is 638. The molecule has 0 saturated carbocycles. The summed E-state index contributed by atoms with van der Waals surface area (Å²) >= 11 is 0. The molecule has 24 heavy (non-hydrogen) atoms. The fourth-order valence-electron chi connectivity index (χ4n) is 2.58. The molecule has 1 unspecified atom stereocenters. The van der Waals surface area contributed by atoms with Crippen molar-refractivity contribution in [3.05, 3.63) is 29.8 Å². The Morgan fingerprint density at radius 1 is 1.25 bits per heavy atom. The number of halogens is 3. The first-order chi connectivity index (χ1) is 11.0. The van der Waals surface area contributed by atoms with Crippen LogP contribution in [0.5, 0.6) is 0 Å². The molecule has 1 aliphatic rings. The molecule has 1 aliphatic heterocycles. The van der Waals surface area contributed by atoms with Crippen LogP contribution in [0.15, 0.2) is 24.3 Å². The second-order valence-electron chi connectivity index (χ2n) is 6.75. The van der Waals surface area contributed by atoms with Gasteiger partial charge in [-0.1, -0.05) is 6.07 Å². The summed E-state index contributed by atoms with van der Waals surface area (Å²) in [5, 5.41) is 4.99. The van der Waals surface area contributed by atoms with Crippen LogP contribution in [0.1, 0.15) is 32.8 Å². The summed E-state index contributed by atoms with van der Waals surface area (Å²) in [6.07, 6.45) is -4.30. The number of urea groups is 1. The minimum absolute atomic E-state index is 0.0410. The Kier molecular flexibility index (Phi) is 4.77. The monoisotopic (exact) mass is 343 g/mol. The molecule has 1 atom stereocenters. The van der Waals surface area contributed by atoms with Crippen LogP contribution in [0.4, 0.5) is 23.7 Å². The van der Waals surface area contributed by atoms with Crippen LogP contribution in [-0.4, -0.2) is 35.0 Å². The molecule has 1 aromatic carbocycles. The predicted molar refractivity (Wildman–Crippen MR) is 83.5 cm³/mol. The molecule has 0 radical (unpaired) electrons. The van der Waals surface area contributed by atoms with E-state index >= 15 is 0 Å². The third-order valence-electron chi connectivity index (χ3n) is 3.72. The van der Waals surface area contributed by atoms with Crippen LogP contribution >= 0.6 is 0 Å². The molecule has 5 nitrogen and oxygen atoms in total. The van der Waals surface area contributed by atoms with Crippen LogP contribution in [-0.2, 0) is 11.0 Å². The van der Waals surface area contributed by atoms with E-state index in [1.807, 2.05) is 20.8 Å². The lowest BCUT2D eigenvalue weighted by molar-refractivity contribution is -0.137. The maximum absolute atomic E-state index is 12.7. The molecule has 1 fully saturated rings. The van der Waals surface area contributed by atoms with Gasteiger partial charge in [0.2, 0.25) is 5.91 Å². The quantitative estimate of drug-likeness (QED) is 0.866. The number of rotatable bonds is 2. The van der Waals surface area contributed by atoms with E-state index in [0.717, 1.165) is 12.1 Å². The summed E-state index contributed by atoms with van der Waals surface area (Å²) in [5.74, 6) is -0.0631. The van der Waals surface area contributed by atoms with Crippen LogP contribution < -0.4 is 10.6 Å². The highest BCUT2D eigenvalue weighted by atomic mass is 19.4. The minimum Gasteiger partial charge on any atom is -0.336 e. The number of alkyl halides is 3. The van der Waals surface area contributed by atoms with E-state index < -0.39 is 17.8 Å². The molecule has 0 aromatic heterocycles. The Labute approximate surface area is 138 Å². The standard InChI is InChI=1S/C16H20F3N3O2/c1-15(2,3)22-9-12(8-13(22)23)21-14(24)20-11-6-4-5-10(7-11)16(17,18)19/h4-7,12H,8-9H2,1-3H3,(H2,20,21,24). The number of hydrogen-bond donors (Lipinski definition) is 2. The zero-order valence-corrected chi connectivity index (χ0v) is 13.7. The van der Waals surface area contributed by atoms with E-state index in [2.05, 4.69) is 10.6 Å². The van der Waals surface area contributed by atoms with E-state index in [1.54, 1.807) is 4.90 Å². The predicted octanol–water partition coefficient (Wildman–Crippen LogP) is 3.23. The van der Waals surface area contributed by atoms with Crippen molar-refractivity contribution in [2.75, 3.05) is 11.9 Å². The molecule has 0 bridgehead atoms. The van der Waals surface area contributed by atoms with Gasteiger partial charge in [0, 0.05) is 24.2 Å². The first-order valence-electron chi connectivity index (χ1n) is 7.52. The summed E-state index contributed by atoms with van der Waals surface area (Å²) in [7, 11) is 0.